The molecule has 24 heteroatoms. The molecule has 5 amide bonds. The second-order valence-electron chi connectivity index (χ2n) is 20.9. The Balaban J connectivity index is 0.708. The summed E-state index contributed by atoms with van der Waals surface area (Å²) in [5.41, 5.74) is 13.6. The number of ketones is 1. The minimum absolute atomic E-state index is 0.0510. The molecule has 6 heterocycles. The number of anilines is 2. The Labute approximate surface area is 465 Å². The number of thiazole rings is 1. The third-order valence-corrected chi connectivity index (χ3v) is 15.4. The highest BCUT2D eigenvalue weighted by Gasteiger charge is 2.44. The molecule has 6 aromatic rings. The number of nitrogens with zero attached hydrogens (tertiary/aromatic N) is 8. The van der Waals surface area contributed by atoms with Crippen LogP contribution in [0.3, 0.4) is 0 Å². The van der Waals surface area contributed by atoms with Crippen LogP contribution in [-0.2, 0) is 28.7 Å². The van der Waals surface area contributed by atoms with Crippen LogP contribution in [0.4, 0.5) is 15.9 Å². The molecule has 1 saturated carbocycles. The molecule has 0 bridgehead atoms. The van der Waals surface area contributed by atoms with Gasteiger partial charge in [0.1, 0.15) is 17.8 Å². The number of carbonyl (C=O) groups is 6. The molecule has 2 aliphatic heterocycles. The molecule has 3 fully saturated rings. The van der Waals surface area contributed by atoms with Gasteiger partial charge in [-0.3, -0.25) is 43.2 Å². The molecule has 422 valence electrons. The summed E-state index contributed by atoms with van der Waals surface area (Å²) in [4.78, 5) is 100. The van der Waals surface area contributed by atoms with Crippen LogP contribution >= 0.6 is 11.3 Å². The van der Waals surface area contributed by atoms with Crippen molar-refractivity contribution in [1.82, 2.24) is 60.2 Å². The number of carbonyl (C=O) groups excluding carboxylic acids is 6. The molecule has 4 aromatic heterocycles. The van der Waals surface area contributed by atoms with Gasteiger partial charge in [-0.2, -0.15) is 5.10 Å². The molecule has 1 aliphatic carbocycles. The van der Waals surface area contributed by atoms with Gasteiger partial charge in [-0.25, -0.2) is 19.3 Å². The number of nitrogens with one attached hydrogen (secondary N) is 5. The number of piperazine rings is 1. The van der Waals surface area contributed by atoms with E-state index in [-0.39, 0.29) is 86.9 Å². The molecule has 2 saturated heterocycles. The number of hydrogen-bond donors (Lipinski definition) is 7. The van der Waals surface area contributed by atoms with Crippen molar-refractivity contribution >= 4 is 63.8 Å². The second kappa shape index (κ2) is 25.5. The molecule has 2 aromatic carbocycles. The van der Waals surface area contributed by atoms with Gasteiger partial charge in [0.05, 0.1) is 83.9 Å². The fourth-order valence-electron chi connectivity index (χ4n) is 10.1. The second-order valence-corrected chi connectivity index (χ2v) is 21.7. The maximum Gasteiger partial charge on any atom is 0.254 e. The fraction of sp³-hybridized carbons (Fsp3) is 0.429. The predicted octanol–water partition coefficient (Wildman–Crippen LogP) is 4.23. The van der Waals surface area contributed by atoms with Gasteiger partial charge in [-0.15, -0.1) is 11.3 Å². The van der Waals surface area contributed by atoms with E-state index in [9.17, 15) is 33.9 Å². The zero-order valence-electron chi connectivity index (χ0n) is 45.1. The summed E-state index contributed by atoms with van der Waals surface area (Å²) in [6.07, 6.45) is 9.22. The van der Waals surface area contributed by atoms with Crippen LogP contribution in [0.5, 0.6) is 0 Å². The van der Waals surface area contributed by atoms with Crippen LogP contribution in [-0.4, -0.2) is 162 Å². The van der Waals surface area contributed by atoms with Crippen molar-refractivity contribution in [3.63, 3.8) is 0 Å². The number of aliphatic hydroxyl groups is 1. The summed E-state index contributed by atoms with van der Waals surface area (Å²) in [5.74, 6) is -3.97. The first kappa shape index (κ1) is 56.8. The average Bonchev–Trinajstić information content (AvgIpc) is 3.74. The van der Waals surface area contributed by atoms with E-state index in [1.807, 2.05) is 46.7 Å². The smallest absolute Gasteiger partial charge is 0.254 e. The van der Waals surface area contributed by atoms with Crippen LogP contribution in [0.2, 0.25) is 0 Å². The van der Waals surface area contributed by atoms with Crippen molar-refractivity contribution in [3.8, 4) is 21.7 Å². The van der Waals surface area contributed by atoms with Crippen LogP contribution in [0.1, 0.15) is 85.7 Å². The summed E-state index contributed by atoms with van der Waals surface area (Å²) in [7, 11) is 0. The van der Waals surface area contributed by atoms with Crippen LogP contribution in [0.25, 0.3) is 27.3 Å². The summed E-state index contributed by atoms with van der Waals surface area (Å²) >= 11 is 1.49. The van der Waals surface area contributed by atoms with Crippen LogP contribution in [0, 0.1) is 24.6 Å². The number of imidazole rings is 1. The number of hydrogen-bond acceptors (Lipinski definition) is 16. The largest absolute Gasteiger partial charge is 0.402 e. The Bertz CT molecular complexity index is 3240. The van der Waals surface area contributed by atoms with Gasteiger partial charge in [0.2, 0.25) is 23.6 Å². The molecule has 80 heavy (non-hydrogen) atoms. The van der Waals surface area contributed by atoms with Crippen molar-refractivity contribution in [3.05, 3.63) is 113 Å². The maximum absolute atomic E-state index is 15.7. The number of halogens is 1. The lowest BCUT2D eigenvalue weighted by Crippen LogP contribution is -2.51. The zero-order chi connectivity index (χ0) is 56.6. The number of benzene rings is 2. The number of aromatic amines is 1. The van der Waals surface area contributed by atoms with Gasteiger partial charge in [0.15, 0.2) is 17.2 Å². The van der Waals surface area contributed by atoms with Gasteiger partial charge < -0.3 is 46.6 Å². The Morgan fingerprint density at radius 1 is 0.963 bits per heavy atom. The summed E-state index contributed by atoms with van der Waals surface area (Å²) < 4.78 is 23.3. The number of allylic oxidation sites excluding steroid dienone is 2. The third-order valence-electron chi connectivity index (χ3n) is 14.4. The first-order valence-electron chi connectivity index (χ1n) is 26.8. The SMILES string of the molecule is CC(N)=CC(=O)[C@H](C(=O)N1C[C@H](O)C[C@H]1C(=O)N[C@@H](CC(=O)NCCOCCNC(=O)CN1CCN(C(=O)c2ccc(Nc3nc(C4CC4)cn4c(-c5cn[nH]c5)cnc34)c(F)c2)CC1)c1ccc(-c2scnc2C)cc1)C(C)C. The minimum atomic E-state index is -1.11. The Morgan fingerprint density at radius 2 is 1.70 bits per heavy atom. The summed E-state index contributed by atoms with van der Waals surface area (Å²) in [6.45, 7) is 9.17. The number of rotatable bonds is 23. The first-order valence-corrected chi connectivity index (χ1v) is 27.7. The fourth-order valence-corrected chi connectivity index (χ4v) is 10.9. The third kappa shape index (κ3) is 13.7. The van der Waals surface area contributed by atoms with Crippen molar-refractivity contribution in [2.75, 3.05) is 70.9 Å². The Kier molecular flexibility index (Phi) is 18.1. The molecular weight excluding hydrogens is 1050 g/mol. The molecule has 0 spiro atoms. The Morgan fingerprint density at radius 3 is 2.35 bits per heavy atom. The molecule has 0 radical (unpaired) electrons. The predicted molar refractivity (Wildman–Crippen MR) is 297 cm³/mol. The van der Waals surface area contributed by atoms with Gasteiger partial charge in [-0.05, 0) is 61.9 Å². The van der Waals surface area contributed by atoms with E-state index in [1.54, 1.807) is 55.8 Å². The molecule has 8 N–H and O–H groups in total. The van der Waals surface area contributed by atoms with E-state index in [0.29, 0.717) is 49.1 Å². The standard InChI is InChI=1S/C56H67FN14O8S/c1-32(2)50(47(73)21-33(3)58)56(78)71-28-40(72)23-45(71)54(76)67-43(35-7-9-37(10-8-35)51-34(4)62-31-80-51)24-48(74)59-13-19-79-20-14-60-49(75)30-68-15-17-69(18-16-68)55(77)38-11-12-42(41(57)22-38)65-52-53-61-27-46(39-25-63-64-26-39)70(53)29-44(66-52)36-5-6-36/h7-12,21-22,25-27,29,31-32,36,40,43,45,50,72H,5-6,13-20,23-24,28,30,58H2,1-4H3,(H,59,74)(H,60,75)(H,63,64)(H,65,66)(H,67,76)/t40-,43+,45+,50-/m1/s1. The van der Waals surface area contributed by atoms with E-state index >= 15 is 4.39 Å². The van der Waals surface area contributed by atoms with Crippen molar-refractivity contribution in [2.45, 2.75) is 77.5 Å². The molecule has 22 nitrogen and oxygen atoms in total. The van der Waals surface area contributed by atoms with Crippen LogP contribution in [0.15, 0.2) is 84.5 Å². The van der Waals surface area contributed by atoms with E-state index in [4.69, 9.17) is 15.5 Å². The number of likely N-dealkylation sites (tertiary alicyclic amines) is 1. The molecule has 4 atom stereocenters. The van der Waals surface area contributed by atoms with Crippen molar-refractivity contribution in [2.24, 2.45) is 17.6 Å². The normalized spacial score (nSPS) is 17.6. The lowest BCUT2D eigenvalue weighted by atomic mass is 9.89. The number of β-amino-alcohol motifs (C(OH)–C–C–N with tert-alkyl or cyclic N) is 1. The number of amides is 5. The van der Waals surface area contributed by atoms with Gasteiger partial charge >= 0.3 is 0 Å². The topological polar surface area (TPSA) is 288 Å². The molecule has 0 unspecified atom stereocenters. The molecule has 9 rings (SSSR count). The lowest BCUT2D eigenvalue weighted by Gasteiger charge is -2.34. The summed E-state index contributed by atoms with van der Waals surface area (Å²) in [5, 5.41) is 29.3. The minimum Gasteiger partial charge on any atom is -0.402 e. The number of H-pyrrole nitrogens is 1. The highest BCUT2D eigenvalue weighted by Crippen LogP contribution is 2.41. The number of nitrogens with two attached hydrogens (primary N) is 1. The summed E-state index contributed by atoms with van der Waals surface area (Å²) in [6, 6.07) is 9.83. The van der Waals surface area contributed by atoms with Gasteiger partial charge in [-0.1, -0.05) is 38.1 Å². The number of aromatic nitrogens is 6. The quantitative estimate of drug-likeness (QED) is 0.0269. The monoisotopic (exact) mass is 1110 g/mol. The molecular formula is C56H67FN14O8S. The van der Waals surface area contributed by atoms with E-state index in [1.165, 1.54) is 34.4 Å². The molecule has 3 aliphatic rings. The van der Waals surface area contributed by atoms with Gasteiger partial charge in [0, 0.05) is 93.4 Å². The van der Waals surface area contributed by atoms with Crippen molar-refractivity contribution in [1.29, 1.82) is 0 Å². The first-order chi connectivity index (χ1) is 38.5. The van der Waals surface area contributed by atoms with E-state index < -0.39 is 53.4 Å². The average molecular weight is 1120 g/mol. The van der Waals surface area contributed by atoms with Gasteiger partial charge in [0.25, 0.3) is 5.91 Å². The van der Waals surface area contributed by atoms with Crippen LogP contribution < -0.4 is 27.0 Å². The zero-order valence-corrected chi connectivity index (χ0v) is 45.9. The number of aliphatic hydroxyl groups excluding tert-OH is 1. The van der Waals surface area contributed by atoms with E-state index in [2.05, 4.69) is 41.4 Å². The highest BCUT2D eigenvalue weighted by molar-refractivity contribution is 7.13. The van der Waals surface area contributed by atoms with Crippen molar-refractivity contribution < 1.29 is 43.0 Å². The number of fused-ring (bicyclic) bond motifs is 1. The van der Waals surface area contributed by atoms with E-state index in [0.717, 1.165) is 45.9 Å². The Hall–Kier alpha value is -7.93. The highest BCUT2D eigenvalue weighted by atomic mass is 32.1. The number of aryl methyl sites for hydroxylation is 1. The maximum atomic E-state index is 15.7. The number of ether oxygens (including phenoxy) is 1. The lowest BCUT2D eigenvalue weighted by molar-refractivity contribution is -0.146.